The van der Waals surface area contributed by atoms with E-state index in [0.717, 1.165) is 39.1 Å². The molecule has 0 radical (unpaired) electrons. The Hall–Kier alpha value is -1.66. The van der Waals surface area contributed by atoms with E-state index in [0.29, 0.717) is 13.5 Å². The van der Waals surface area contributed by atoms with E-state index in [1.165, 1.54) is 25.7 Å². The molecule has 2 aromatic heterocycles. The van der Waals surface area contributed by atoms with Crippen LogP contribution < -0.4 is 9.13 Å². The number of unbranched alkanes of at least 4 members (excludes halogenated alkanes) is 3. The van der Waals surface area contributed by atoms with E-state index in [1.807, 2.05) is 0 Å². The standard InChI is InChI=1S/C20H36N4O2/c1-3-5-9-21-11-13-23(17-21)19-25-15-7-8-16-26-20-24-14-12-22(18-24)10-6-4-2/h11-14,17-18H,3-10,15-16,19-20H2,1-2H3/q+2. The second kappa shape index (κ2) is 12.7. The van der Waals surface area contributed by atoms with E-state index < -0.39 is 0 Å². The Labute approximate surface area is 158 Å². The third kappa shape index (κ3) is 8.15. The van der Waals surface area contributed by atoms with E-state index in [1.54, 1.807) is 0 Å². The van der Waals surface area contributed by atoms with Crippen molar-refractivity contribution < 1.29 is 18.6 Å². The Morgan fingerprint density at radius 2 is 1.15 bits per heavy atom. The van der Waals surface area contributed by atoms with E-state index in [4.69, 9.17) is 9.47 Å². The van der Waals surface area contributed by atoms with Gasteiger partial charge in [0.1, 0.15) is 24.8 Å². The number of ether oxygens (including phenoxy) is 2. The molecule has 6 nitrogen and oxygen atoms in total. The van der Waals surface area contributed by atoms with Gasteiger partial charge in [0.25, 0.3) is 0 Å². The minimum absolute atomic E-state index is 0.626. The van der Waals surface area contributed by atoms with Gasteiger partial charge in [0.2, 0.25) is 12.7 Å². The summed E-state index contributed by atoms with van der Waals surface area (Å²) in [5.74, 6) is 0. The molecule has 0 aliphatic heterocycles. The van der Waals surface area contributed by atoms with Crippen LogP contribution in [0.4, 0.5) is 0 Å². The Bertz CT molecular complexity index is 542. The van der Waals surface area contributed by atoms with Crippen LogP contribution in [0.2, 0.25) is 0 Å². The van der Waals surface area contributed by atoms with Gasteiger partial charge in [0, 0.05) is 0 Å². The highest BCUT2D eigenvalue weighted by atomic mass is 16.5. The van der Waals surface area contributed by atoms with Crippen LogP contribution in [-0.2, 0) is 36.0 Å². The molecule has 0 amide bonds. The minimum atomic E-state index is 0.626. The van der Waals surface area contributed by atoms with Crippen LogP contribution >= 0.6 is 0 Å². The van der Waals surface area contributed by atoms with E-state index >= 15 is 0 Å². The van der Waals surface area contributed by atoms with Gasteiger partial charge in [-0.25, -0.2) is 18.3 Å². The molecule has 0 aromatic carbocycles. The number of hydrogen-bond donors (Lipinski definition) is 0. The van der Waals surface area contributed by atoms with Gasteiger partial charge >= 0.3 is 0 Å². The Morgan fingerprint density at radius 3 is 1.58 bits per heavy atom. The molecule has 2 aromatic rings. The summed E-state index contributed by atoms with van der Waals surface area (Å²) in [5, 5.41) is 0. The topological polar surface area (TPSA) is 36.1 Å². The number of aromatic nitrogens is 4. The van der Waals surface area contributed by atoms with Crippen LogP contribution in [0.1, 0.15) is 52.4 Å². The predicted octanol–water partition coefficient (Wildman–Crippen LogP) is 2.89. The quantitative estimate of drug-likeness (QED) is 0.360. The average Bonchev–Trinajstić information content (AvgIpc) is 3.29. The molecule has 0 aliphatic carbocycles. The number of aryl methyl sites for hydroxylation is 2. The second-order valence-electron chi connectivity index (χ2n) is 6.82. The number of rotatable bonds is 15. The number of hydrogen-bond acceptors (Lipinski definition) is 2. The van der Waals surface area contributed by atoms with Gasteiger partial charge < -0.3 is 9.47 Å². The molecule has 146 valence electrons. The fourth-order valence-corrected chi connectivity index (χ4v) is 2.72. The third-order valence-electron chi connectivity index (χ3n) is 4.34. The van der Waals surface area contributed by atoms with Crippen molar-refractivity contribution in [2.45, 2.75) is 78.9 Å². The summed E-state index contributed by atoms with van der Waals surface area (Å²) in [6, 6.07) is 0. The van der Waals surface area contributed by atoms with E-state index in [9.17, 15) is 0 Å². The molecule has 26 heavy (non-hydrogen) atoms. The first-order valence-electron chi connectivity index (χ1n) is 10.1. The molecule has 0 atom stereocenters. The summed E-state index contributed by atoms with van der Waals surface area (Å²) in [4.78, 5) is 0. The molecule has 0 saturated heterocycles. The van der Waals surface area contributed by atoms with Gasteiger partial charge in [-0.2, -0.15) is 0 Å². The molecular weight excluding hydrogens is 328 g/mol. The lowest BCUT2D eigenvalue weighted by molar-refractivity contribution is -0.733. The number of nitrogens with zero attached hydrogens (tertiary/aromatic N) is 4. The van der Waals surface area contributed by atoms with Crippen LogP contribution in [0.3, 0.4) is 0 Å². The first-order valence-corrected chi connectivity index (χ1v) is 10.1. The molecule has 0 saturated carbocycles. The zero-order valence-electron chi connectivity index (χ0n) is 16.6. The highest BCUT2D eigenvalue weighted by molar-refractivity contribution is 4.66. The lowest BCUT2D eigenvalue weighted by atomic mass is 10.3. The van der Waals surface area contributed by atoms with Crippen LogP contribution in [-0.4, -0.2) is 22.3 Å². The summed E-state index contributed by atoms with van der Waals surface area (Å²) in [5.41, 5.74) is 0. The van der Waals surface area contributed by atoms with Gasteiger partial charge in [0.05, 0.1) is 26.3 Å². The summed E-state index contributed by atoms with van der Waals surface area (Å²) < 4.78 is 20.1. The highest BCUT2D eigenvalue weighted by Gasteiger charge is 2.04. The maximum Gasteiger partial charge on any atom is 0.245 e. The van der Waals surface area contributed by atoms with Gasteiger partial charge in [-0.1, -0.05) is 26.7 Å². The molecule has 0 N–H and O–H groups in total. The Balaban J connectivity index is 1.45. The molecule has 0 aliphatic rings. The molecule has 2 rings (SSSR count). The molecule has 0 bridgehead atoms. The fourth-order valence-electron chi connectivity index (χ4n) is 2.72. The zero-order chi connectivity index (χ0) is 18.5. The van der Waals surface area contributed by atoms with Gasteiger partial charge in [0.15, 0.2) is 13.5 Å². The van der Waals surface area contributed by atoms with Gasteiger partial charge in [-0.3, -0.25) is 0 Å². The Morgan fingerprint density at radius 1 is 0.692 bits per heavy atom. The predicted molar refractivity (Wildman–Crippen MR) is 100 cm³/mol. The molecule has 0 spiro atoms. The molecule has 0 unspecified atom stereocenters. The minimum Gasteiger partial charge on any atom is -0.342 e. The monoisotopic (exact) mass is 364 g/mol. The maximum absolute atomic E-state index is 5.73. The van der Waals surface area contributed by atoms with Gasteiger partial charge in [-0.05, 0) is 25.7 Å². The first-order chi connectivity index (χ1) is 12.8. The largest absolute Gasteiger partial charge is 0.342 e. The van der Waals surface area contributed by atoms with Crippen molar-refractivity contribution in [1.29, 1.82) is 0 Å². The summed E-state index contributed by atoms with van der Waals surface area (Å²) in [7, 11) is 0. The summed E-state index contributed by atoms with van der Waals surface area (Å²) in [6.45, 7) is 9.40. The average molecular weight is 365 g/mol. The van der Waals surface area contributed by atoms with Crippen LogP contribution in [0, 0.1) is 0 Å². The summed E-state index contributed by atoms with van der Waals surface area (Å²) >= 11 is 0. The molecule has 6 heteroatoms. The molecular formula is C20H36N4O2+2. The van der Waals surface area contributed by atoms with Crippen LogP contribution in [0.15, 0.2) is 37.4 Å². The lowest BCUT2D eigenvalue weighted by Crippen LogP contribution is -2.33. The van der Waals surface area contributed by atoms with Crippen molar-refractivity contribution >= 4 is 0 Å². The van der Waals surface area contributed by atoms with Crippen molar-refractivity contribution in [3.63, 3.8) is 0 Å². The SMILES string of the molecule is CCCCn1cc[n+](COCCCCOC[n+]2ccn(CCCC)c2)c1. The van der Waals surface area contributed by atoms with Crippen molar-refractivity contribution in [1.82, 2.24) is 9.13 Å². The third-order valence-corrected chi connectivity index (χ3v) is 4.34. The number of imidazole rings is 2. The molecule has 2 heterocycles. The molecule has 0 fully saturated rings. The van der Waals surface area contributed by atoms with Crippen molar-refractivity contribution in [3.8, 4) is 0 Å². The smallest absolute Gasteiger partial charge is 0.245 e. The van der Waals surface area contributed by atoms with Crippen LogP contribution in [0.5, 0.6) is 0 Å². The fraction of sp³-hybridized carbons (Fsp3) is 0.700. The summed E-state index contributed by atoms with van der Waals surface area (Å²) in [6.07, 6.45) is 19.5. The lowest BCUT2D eigenvalue weighted by Gasteiger charge is -2.03. The van der Waals surface area contributed by atoms with E-state index in [-0.39, 0.29) is 0 Å². The van der Waals surface area contributed by atoms with Crippen molar-refractivity contribution in [2.24, 2.45) is 0 Å². The van der Waals surface area contributed by atoms with Crippen LogP contribution in [0.25, 0.3) is 0 Å². The van der Waals surface area contributed by atoms with Crippen molar-refractivity contribution in [2.75, 3.05) is 13.2 Å². The van der Waals surface area contributed by atoms with Crippen molar-refractivity contribution in [3.05, 3.63) is 37.4 Å². The maximum atomic E-state index is 5.73. The normalized spacial score (nSPS) is 11.3. The van der Waals surface area contributed by atoms with E-state index in [2.05, 4.69) is 69.6 Å². The Kier molecular flexibility index (Phi) is 10.1. The van der Waals surface area contributed by atoms with Gasteiger partial charge in [-0.15, -0.1) is 0 Å². The second-order valence-corrected chi connectivity index (χ2v) is 6.82. The zero-order valence-corrected chi connectivity index (χ0v) is 16.6. The first kappa shape index (κ1) is 20.6. The highest BCUT2D eigenvalue weighted by Crippen LogP contribution is 1.95.